The van der Waals surface area contributed by atoms with Gasteiger partial charge in [-0.3, -0.25) is 0 Å². The minimum Gasteiger partial charge on any atom is -0.394 e. The second-order valence-corrected chi connectivity index (χ2v) is 5.27. The first-order valence-corrected chi connectivity index (χ1v) is 6.78. The van der Waals surface area contributed by atoms with Crippen molar-refractivity contribution in [2.24, 2.45) is 11.7 Å². The molecular formula is C13H28N2O2. The molecule has 0 aromatic carbocycles. The topological polar surface area (TPSA) is 58.7 Å². The summed E-state index contributed by atoms with van der Waals surface area (Å²) in [5.74, 6) is 0.474. The average molecular weight is 244 g/mol. The fraction of sp³-hybridized carbons (Fsp3) is 1.00. The van der Waals surface area contributed by atoms with Crippen LogP contribution in [0.25, 0.3) is 0 Å². The fourth-order valence-electron chi connectivity index (χ4n) is 2.66. The summed E-state index contributed by atoms with van der Waals surface area (Å²) in [6, 6.07) is 0. The third kappa shape index (κ3) is 4.54. The molecule has 0 saturated heterocycles. The summed E-state index contributed by atoms with van der Waals surface area (Å²) < 4.78 is 5.33. The number of aliphatic hydroxyl groups is 1. The van der Waals surface area contributed by atoms with Crippen molar-refractivity contribution in [2.45, 2.75) is 38.1 Å². The highest BCUT2D eigenvalue weighted by Gasteiger charge is 2.38. The van der Waals surface area contributed by atoms with E-state index in [0.717, 1.165) is 52.0 Å². The van der Waals surface area contributed by atoms with Gasteiger partial charge in [0.05, 0.1) is 13.2 Å². The van der Waals surface area contributed by atoms with Crippen molar-refractivity contribution in [1.29, 1.82) is 0 Å². The van der Waals surface area contributed by atoms with E-state index in [-0.39, 0.29) is 12.1 Å². The van der Waals surface area contributed by atoms with E-state index in [1.807, 2.05) is 6.92 Å². The molecule has 0 aromatic heterocycles. The van der Waals surface area contributed by atoms with E-state index < -0.39 is 0 Å². The van der Waals surface area contributed by atoms with Crippen LogP contribution in [0.1, 0.15) is 32.6 Å². The van der Waals surface area contributed by atoms with Crippen molar-refractivity contribution in [3.63, 3.8) is 0 Å². The maximum Gasteiger partial charge on any atom is 0.0613 e. The van der Waals surface area contributed by atoms with Crippen LogP contribution in [0.4, 0.5) is 0 Å². The van der Waals surface area contributed by atoms with E-state index >= 15 is 0 Å². The first-order chi connectivity index (χ1) is 8.12. The summed E-state index contributed by atoms with van der Waals surface area (Å²) in [4.78, 5) is 2.28. The summed E-state index contributed by atoms with van der Waals surface area (Å²) in [7, 11) is 2.12. The van der Waals surface area contributed by atoms with E-state index in [4.69, 9.17) is 10.5 Å². The van der Waals surface area contributed by atoms with Crippen molar-refractivity contribution < 1.29 is 9.84 Å². The average Bonchev–Trinajstić information content (AvgIpc) is 2.69. The molecule has 0 aromatic rings. The molecule has 102 valence electrons. The predicted octanol–water partition coefficient (Wildman–Crippen LogP) is 0.835. The Hall–Kier alpha value is -0.160. The zero-order chi connectivity index (χ0) is 12.7. The van der Waals surface area contributed by atoms with Crippen LogP contribution in [0.15, 0.2) is 0 Å². The van der Waals surface area contributed by atoms with E-state index in [2.05, 4.69) is 11.9 Å². The van der Waals surface area contributed by atoms with E-state index in [9.17, 15) is 5.11 Å². The molecule has 2 atom stereocenters. The van der Waals surface area contributed by atoms with Gasteiger partial charge in [-0.2, -0.15) is 0 Å². The van der Waals surface area contributed by atoms with Gasteiger partial charge < -0.3 is 20.5 Å². The first kappa shape index (κ1) is 14.9. The number of nitrogens with zero attached hydrogens (tertiary/aromatic N) is 1. The molecular weight excluding hydrogens is 216 g/mol. The molecule has 1 aliphatic rings. The molecule has 4 nitrogen and oxygen atoms in total. The molecule has 1 saturated carbocycles. The molecule has 2 unspecified atom stereocenters. The van der Waals surface area contributed by atoms with Crippen molar-refractivity contribution in [2.75, 3.05) is 40.0 Å². The lowest BCUT2D eigenvalue weighted by Crippen LogP contribution is -2.47. The predicted molar refractivity (Wildman–Crippen MR) is 70.0 cm³/mol. The van der Waals surface area contributed by atoms with Gasteiger partial charge in [0.25, 0.3) is 0 Å². The van der Waals surface area contributed by atoms with Gasteiger partial charge >= 0.3 is 0 Å². The van der Waals surface area contributed by atoms with Crippen LogP contribution in [0.3, 0.4) is 0 Å². The van der Waals surface area contributed by atoms with Crippen molar-refractivity contribution >= 4 is 0 Å². The zero-order valence-corrected chi connectivity index (χ0v) is 11.3. The summed E-state index contributed by atoms with van der Waals surface area (Å²) in [5.41, 5.74) is 5.90. The molecule has 1 aliphatic carbocycles. The number of hydrogen-bond acceptors (Lipinski definition) is 4. The van der Waals surface area contributed by atoms with Gasteiger partial charge in [-0.1, -0.05) is 6.42 Å². The van der Waals surface area contributed by atoms with Crippen molar-refractivity contribution in [3.8, 4) is 0 Å². The number of ether oxygens (including phenoxy) is 1. The summed E-state index contributed by atoms with van der Waals surface area (Å²) in [6.07, 6.45) is 4.37. The second-order valence-electron chi connectivity index (χ2n) is 5.27. The van der Waals surface area contributed by atoms with Gasteiger partial charge in [0.2, 0.25) is 0 Å². The normalized spacial score (nSPS) is 29.1. The van der Waals surface area contributed by atoms with Gasteiger partial charge in [-0.15, -0.1) is 0 Å². The highest BCUT2D eigenvalue weighted by atomic mass is 16.5. The monoisotopic (exact) mass is 244 g/mol. The quantitative estimate of drug-likeness (QED) is 0.621. The lowest BCUT2D eigenvalue weighted by Gasteiger charge is -2.30. The Morgan fingerprint density at radius 2 is 2.24 bits per heavy atom. The Bertz CT molecular complexity index is 214. The lowest BCUT2D eigenvalue weighted by atomic mass is 9.86. The first-order valence-electron chi connectivity index (χ1n) is 6.78. The minimum atomic E-state index is -0.319. The number of rotatable bonds is 8. The largest absolute Gasteiger partial charge is 0.394 e. The Kier molecular flexibility index (Phi) is 6.41. The number of likely N-dealkylation sites (N-methyl/N-ethyl adjacent to an activating group) is 1. The van der Waals surface area contributed by atoms with Gasteiger partial charge in [-0.25, -0.2) is 0 Å². The third-order valence-corrected chi connectivity index (χ3v) is 3.98. The van der Waals surface area contributed by atoms with Crippen LogP contribution < -0.4 is 5.73 Å². The maximum absolute atomic E-state index is 9.38. The van der Waals surface area contributed by atoms with Crippen LogP contribution in [-0.2, 0) is 4.74 Å². The highest BCUT2D eigenvalue weighted by molar-refractivity contribution is 4.96. The van der Waals surface area contributed by atoms with E-state index in [1.54, 1.807) is 0 Å². The Morgan fingerprint density at radius 3 is 2.88 bits per heavy atom. The molecule has 4 heteroatoms. The van der Waals surface area contributed by atoms with E-state index in [1.165, 1.54) is 0 Å². The van der Waals surface area contributed by atoms with Crippen molar-refractivity contribution in [1.82, 2.24) is 4.90 Å². The Balaban J connectivity index is 2.21. The molecule has 0 bridgehead atoms. The van der Waals surface area contributed by atoms with Crippen LogP contribution in [-0.4, -0.2) is 55.5 Å². The number of nitrogens with two attached hydrogens (primary N) is 1. The number of hydrogen-bond donors (Lipinski definition) is 2. The zero-order valence-electron chi connectivity index (χ0n) is 11.3. The van der Waals surface area contributed by atoms with Gasteiger partial charge in [-0.05, 0) is 45.7 Å². The van der Waals surface area contributed by atoms with Crippen molar-refractivity contribution in [3.05, 3.63) is 0 Å². The summed E-state index contributed by atoms with van der Waals surface area (Å²) in [6.45, 7) is 5.73. The van der Waals surface area contributed by atoms with Crippen LogP contribution in [0.2, 0.25) is 0 Å². The molecule has 1 rings (SSSR count). The maximum atomic E-state index is 9.38. The molecule has 1 fully saturated rings. The summed E-state index contributed by atoms with van der Waals surface area (Å²) >= 11 is 0. The lowest BCUT2D eigenvalue weighted by molar-refractivity contribution is 0.113. The van der Waals surface area contributed by atoms with E-state index in [0.29, 0.717) is 5.92 Å². The van der Waals surface area contributed by atoms with Crippen LogP contribution in [0.5, 0.6) is 0 Å². The third-order valence-electron chi connectivity index (χ3n) is 3.98. The van der Waals surface area contributed by atoms with Crippen LogP contribution >= 0.6 is 0 Å². The minimum absolute atomic E-state index is 0.125. The van der Waals surface area contributed by atoms with Gasteiger partial charge in [0, 0.05) is 18.7 Å². The second kappa shape index (κ2) is 7.31. The molecule has 3 N–H and O–H groups in total. The molecule has 0 amide bonds. The standard InChI is InChI=1S/C13H28N2O2/c1-3-17-10-9-15(2)8-6-12-5-4-7-13(12,14)11-16/h12,16H,3-11,14H2,1-2H3. The SMILES string of the molecule is CCOCCN(C)CCC1CCCC1(N)CO. The van der Waals surface area contributed by atoms with Gasteiger partial charge in [0.15, 0.2) is 0 Å². The fourth-order valence-corrected chi connectivity index (χ4v) is 2.66. The Morgan fingerprint density at radius 1 is 1.47 bits per heavy atom. The number of aliphatic hydroxyl groups excluding tert-OH is 1. The molecule has 0 spiro atoms. The molecule has 17 heavy (non-hydrogen) atoms. The van der Waals surface area contributed by atoms with Gasteiger partial charge in [0.1, 0.15) is 0 Å². The smallest absolute Gasteiger partial charge is 0.0613 e. The summed E-state index contributed by atoms with van der Waals surface area (Å²) in [5, 5.41) is 9.38. The molecule has 0 radical (unpaired) electrons. The Labute approximate surface area is 105 Å². The highest BCUT2D eigenvalue weighted by Crippen LogP contribution is 2.35. The van der Waals surface area contributed by atoms with Crippen LogP contribution in [0, 0.1) is 5.92 Å². The molecule has 0 heterocycles. The molecule has 0 aliphatic heterocycles.